The molecule has 0 saturated carbocycles. The first-order valence-electron chi connectivity index (χ1n) is 6.28. The average Bonchev–Trinajstić information content (AvgIpc) is 2.42. The standard InChI is InChI=1S/C16H16BrClO2/c1-10-4-3-5-12(16(10)18)14(19)9-11-6-7-15(20-2)13(17)8-11/h3-8,14,19H,9H2,1-2H3. The summed E-state index contributed by atoms with van der Waals surface area (Å²) in [4.78, 5) is 0. The first kappa shape index (κ1) is 15.4. The number of hydrogen-bond donors (Lipinski definition) is 1. The molecule has 1 atom stereocenters. The Morgan fingerprint density at radius 3 is 2.70 bits per heavy atom. The third-order valence-corrected chi connectivity index (χ3v) is 4.36. The molecular weight excluding hydrogens is 340 g/mol. The number of benzene rings is 2. The van der Waals surface area contributed by atoms with Crippen LogP contribution in [0.3, 0.4) is 0 Å². The quantitative estimate of drug-likeness (QED) is 0.861. The maximum Gasteiger partial charge on any atom is 0.133 e. The van der Waals surface area contributed by atoms with E-state index in [1.54, 1.807) is 7.11 Å². The predicted octanol–water partition coefficient (Wildman–Crippen LogP) is 4.70. The van der Waals surface area contributed by atoms with Crippen LogP contribution < -0.4 is 4.74 Å². The van der Waals surface area contributed by atoms with Crippen molar-refractivity contribution in [1.82, 2.24) is 0 Å². The van der Waals surface area contributed by atoms with E-state index in [1.807, 2.05) is 43.3 Å². The normalized spacial score (nSPS) is 12.2. The molecule has 0 bridgehead atoms. The molecule has 2 aromatic carbocycles. The fourth-order valence-electron chi connectivity index (χ4n) is 2.10. The van der Waals surface area contributed by atoms with Crippen LogP contribution in [0.4, 0.5) is 0 Å². The van der Waals surface area contributed by atoms with Crippen molar-refractivity contribution in [3.8, 4) is 5.75 Å². The van der Waals surface area contributed by atoms with E-state index < -0.39 is 6.10 Å². The van der Waals surface area contributed by atoms with Crippen molar-refractivity contribution < 1.29 is 9.84 Å². The minimum absolute atomic E-state index is 0.506. The van der Waals surface area contributed by atoms with Gasteiger partial charge < -0.3 is 9.84 Å². The number of halogens is 2. The van der Waals surface area contributed by atoms with Crippen molar-refractivity contribution in [3.63, 3.8) is 0 Å². The molecule has 0 fully saturated rings. The second-order valence-electron chi connectivity index (χ2n) is 4.67. The van der Waals surface area contributed by atoms with Gasteiger partial charge in [-0.3, -0.25) is 0 Å². The van der Waals surface area contributed by atoms with E-state index in [9.17, 15) is 5.11 Å². The molecule has 0 aliphatic carbocycles. The Balaban J connectivity index is 2.21. The molecule has 2 nitrogen and oxygen atoms in total. The summed E-state index contributed by atoms with van der Waals surface area (Å²) in [6.07, 6.45) is -0.117. The second-order valence-corrected chi connectivity index (χ2v) is 5.90. The third-order valence-electron chi connectivity index (χ3n) is 3.23. The van der Waals surface area contributed by atoms with Crippen LogP contribution in [-0.4, -0.2) is 12.2 Å². The molecule has 0 heterocycles. The topological polar surface area (TPSA) is 29.5 Å². The van der Waals surface area contributed by atoms with E-state index in [-0.39, 0.29) is 0 Å². The Kier molecular flexibility index (Phi) is 5.08. The van der Waals surface area contributed by atoms with E-state index in [0.29, 0.717) is 11.4 Å². The molecule has 106 valence electrons. The van der Waals surface area contributed by atoms with E-state index in [4.69, 9.17) is 16.3 Å². The largest absolute Gasteiger partial charge is 0.496 e. The highest BCUT2D eigenvalue weighted by Crippen LogP contribution is 2.31. The van der Waals surface area contributed by atoms with Gasteiger partial charge in [0.1, 0.15) is 5.75 Å². The van der Waals surface area contributed by atoms with Gasteiger partial charge in [-0.15, -0.1) is 0 Å². The van der Waals surface area contributed by atoms with Crippen molar-refractivity contribution in [2.45, 2.75) is 19.4 Å². The zero-order valence-corrected chi connectivity index (χ0v) is 13.7. The lowest BCUT2D eigenvalue weighted by Gasteiger charge is -2.15. The molecule has 0 aliphatic rings. The minimum Gasteiger partial charge on any atom is -0.496 e. The minimum atomic E-state index is -0.623. The molecule has 2 rings (SSSR count). The maximum atomic E-state index is 10.4. The van der Waals surface area contributed by atoms with Crippen molar-refractivity contribution in [2.24, 2.45) is 0 Å². The molecule has 20 heavy (non-hydrogen) atoms. The Bertz CT molecular complexity index is 613. The lowest BCUT2D eigenvalue weighted by molar-refractivity contribution is 0.178. The van der Waals surface area contributed by atoms with Gasteiger partial charge in [0.15, 0.2) is 0 Å². The van der Waals surface area contributed by atoms with Crippen LogP contribution in [0, 0.1) is 6.92 Å². The maximum absolute atomic E-state index is 10.4. The number of rotatable bonds is 4. The van der Waals surface area contributed by atoms with Gasteiger partial charge in [-0.2, -0.15) is 0 Å². The van der Waals surface area contributed by atoms with Gasteiger partial charge in [0.2, 0.25) is 0 Å². The van der Waals surface area contributed by atoms with Gasteiger partial charge in [0, 0.05) is 11.4 Å². The summed E-state index contributed by atoms with van der Waals surface area (Å²) >= 11 is 9.69. The summed E-state index contributed by atoms with van der Waals surface area (Å²) in [7, 11) is 1.63. The number of hydrogen-bond acceptors (Lipinski definition) is 2. The predicted molar refractivity (Wildman–Crippen MR) is 85.5 cm³/mol. The van der Waals surface area contributed by atoms with Gasteiger partial charge in [-0.05, 0) is 51.7 Å². The third kappa shape index (κ3) is 3.35. The fraction of sp³-hybridized carbons (Fsp3) is 0.250. The lowest BCUT2D eigenvalue weighted by Crippen LogP contribution is -2.03. The smallest absolute Gasteiger partial charge is 0.133 e. The summed E-state index contributed by atoms with van der Waals surface area (Å²) in [5.41, 5.74) is 2.75. The van der Waals surface area contributed by atoms with Crippen molar-refractivity contribution >= 4 is 27.5 Å². The molecule has 2 aromatic rings. The molecule has 0 spiro atoms. The Morgan fingerprint density at radius 1 is 1.30 bits per heavy atom. The molecule has 1 unspecified atom stereocenters. The highest BCUT2D eigenvalue weighted by molar-refractivity contribution is 9.10. The van der Waals surface area contributed by atoms with Gasteiger partial charge in [-0.25, -0.2) is 0 Å². The summed E-state index contributed by atoms with van der Waals surface area (Å²) in [5.74, 6) is 0.775. The van der Waals surface area contributed by atoms with Crippen LogP contribution in [0.15, 0.2) is 40.9 Å². The number of methoxy groups -OCH3 is 1. The van der Waals surface area contributed by atoms with E-state index in [1.165, 1.54) is 0 Å². The van der Waals surface area contributed by atoms with Crippen molar-refractivity contribution in [2.75, 3.05) is 7.11 Å². The Labute approximate surface area is 132 Å². The molecule has 0 aromatic heterocycles. The second kappa shape index (κ2) is 6.61. The van der Waals surface area contributed by atoms with Crippen LogP contribution in [0.2, 0.25) is 5.02 Å². The SMILES string of the molecule is COc1ccc(CC(O)c2cccc(C)c2Cl)cc1Br. The van der Waals surface area contributed by atoms with Crippen LogP contribution in [0.5, 0.6) is 5.75 Å². The molecule has 4 heteroatoms. The van der Waals surface area contributed by atoms with Crippen LogP contribution >= 0.6 is 27.5 Å². The highest BCUT2D eigenvalue weighted by atomic mass is 79.9. The lowest BCUT2D eigenvalue weighted by atomic mass is 10.00. The molecule has 0 amide bonds. The molecular formula is C16H16BrClO2. The summed E-state index contributed by atoms with van der Waals surface area (Å²) in [6, 6.07) is 11.5. The summed E-state index contributed by atoms with van der Waals surface area (Å²) in [6.45, 7) is 1.93. The number of aliphatic hydroxyl groups excluding tert-OH is 1. The zero-order chi connectivity index (χ0) is 14.7. The number of aryl methyl sites for hydroxylation is 1. The van der Waals surface area contributed by atoms with E-state index in [0.717, 1.165) is 26.9 Å². The molecule has 1 N–H and O–H groups in total. The van der Waals surface area contributed by atoms with E-state index >= 15 is 0 Å². The Hall–Kier alpha value is -1.03. The summed E-state index contributed by atoms with van der Waals surface area (Å²) in [5, 5.41) is 11.0. The monoisotopic (exact) mass is 354 g/mol. The van der Waals surface area contributed by atoms with Crippen LogP contribution in [0.1, 0.15) is 22.8 Å². The summed E-state index contributed by atoms with van der Waals surface area (Å²) < 4.78 is 6.07. The molecule has 0 saturated heterocycles. The van der Waals surface area contributed by atoms with E-state index in [2.05, 4.69) is 15.9 Å². The number of aliphatic hydroxyl groups is 1. The first-order chi connectivity index (χ1) is 9.52. The molecule has 0 radical (unpaired) electrons. The van der Waals surface area contributed by atoms with Gasteiger partial charge in [0.25, 0.3) is 0 Å². The average molecular weight is 356 g/mol. The fourth-order valence-corrected chi connectivity index (χ4v) is 2.94. The number of ether oxygens (including phenoxy) is 1. The van der Waals surface area contributed by atoms with Crippen LogP contribution in [-0.2, 0) is 6.42 Å². The highest BCUT2D eigenvalue weighted by Gasteiger charge is 2.14. The van der Waals surface area contributed by atoms with Crippen LogP contribution in [0.25, 0.3) is 0 Å². The zero-order valence-electron chi connectivity index (χ0n) is 11.4. The van der Waals surface area contributed by atoms with Crippen molar-refractivity contribution in [1.29, 1.82) is 0 Å². The van der Waals surface area contributed by atoms with Gasteiger partial charge >= 0.3 is 0 Å². The Morgan fingerprint density at radius 2 is 2.05 bits per heavy atom. The molecule has 0 aliphatic heterocycles. The van der Waals surface area contributed by atoms with Gasteiger partial charge in [-0.1, -0.05) is 35.9 Å². The van der Waals surface area contributed by atoms with Crippen molar-refractivity contribution in [3.05, 3.63) is 62.6 Å². The first-order valence-corrected chi connectivity index (χ1v) is 7.45. The van der Waals surface area contributed by atoms with Gasteiger partial charge in [0.05, 0.1) is 17.7 Å².